The molecule has 4 nitrogen and oxygen atoms in total. The van der Waals surface area contributed by atoms with E-state index < -0.39 is 31.1 Å². The third-order valence-corrected chi connectivity index (χ3v) is 3.77. The lowest BCUT2D eigenvalue weighted by atomic mass is 10.1. The highest BCUT2D eigenvalue weighted by Gasteiger charge is 2.30. The molecule has 0 atom stereocenters. The Labute approximate surface area is 143 Å². The first-order valence-corrected chi connectivity index (χ1v) is 7.63. The average Bonchev–Trinajstić information content (AvgIpc) is 2.80. The van der Waals surface area contributed by atoms with Gasteiger partial charge in [-0.2, -0.15) is 13.2 Å². The van der Waals surface area contributed by atoms with E-state index in [1.54, 1.807) is 24.3 Å². The van der Waals surface area contributed by atoms with E-state index in [-0.39, 0.29) is 17.7 Å². The quantitative estimate of drug-likeness (QED) is 0.588. The van der Waals surface area contributed by atoms with Crippen molar-refractivity contribution in [1.29, 1.82) is 0 Å². The number of ether oxygens (including phenoxy) is 1. The zero-order valence-corrected chi connectivity index (χ0v) is 13.9. The molecule has 2 aromatic rings. The first kappa shape index (κ1) is 18.8. The maximum Gasteiger partial charge on any atom is 0.406 e. The van der Waals surface area contributed by atoms with Gasteiger partial charge in [-0.3, -0.25) is 9.59 Å². The van der Waals surface area contributed by atoms with E-state index in [4.69, 9.17) is 4.74 Å². The summed E-state index contributed by atoms with van der Waals surface area (Å²) in [5.74, 6) is -1.09. The van der Waals surface area contributed by atoms with Crippen LogP contribution in [0.2, 0.25) is 0 Å². The molecule has 0 saturated carbocycles. The molecule has 7 heteroatoms. The zero-order chi connectivity index (χ0) is 18.6. The fourth-order valence-electron chi connectivity index (χ4n) is 2.54. The highest BCUT2D eigenvalue weighted by Crippen LogP contribution is 2.23. The molecule has 0 aliphatic heterocycles. The van der Waals surface area contributed by atoms with E-state index in [1.165, 1.54) is 19.9 Å². The van der Waals surface area contributed by atoms with Crippen LogP contribution in [-0.2, 0) is 22.5 Å². The number of nitrogens with zero attached hydrogens (tertiary/aromatic N) is 1. The molecule has 0 saturated heterocycles. The molecule has 0 aliphatic rings. The Morgan fingerprint density at radius 1 is 1.12 bits per heavy atom. The van der Waals surface area contributed by atoms with Crippen molar-refractivity contribution in [2.75, 3.05) is 6.61 Å². The minimum Gasteiger partial charge on any atom is -0.457 e. The summed E-state index contributed by atoms with van der Waals surface area (Å²) < 4.78 is 43.8. The number of benzene rings is 1. The van der Waals surface area contributed by atoms with Crippen LogP contribution >= 0.6 is 0 Å². The molecule has 2 rings (SSSR count). The van der Waals surface area contributed by atoms with E-state index in [0.717, 1.165) is 10.1 Å². The van der Waals surface area contributed by atoms with Crippen molar-refractivity contribution in [1.82, 2.24) is 4.57 Å². The number of hydrogen-bond acceptors (Lipinski definition) is 3. The Hall–Kier alpha value is -2.57. The standard InChI is InChI=1S/C18H18F3NO3/c1-12-8-15(13(2)22(12)11-18(19,20)21)16(23)10-25-17(24)9-14-6-4-3-5-7-14/h3-8H,9-11H2,1-2H3. The second-order valence-electron chi connectivity index (χ2n) is 5.73. The molecule has 1 heterocycles. The maximum atomic E-state index is 12.6. The number of hydrogen-bond donors (Lipinski definition) is 0. The molecule has 0 fully saturated rings. The molecule has 0 spiro atoms. The fraction of sp³-hybridized carbons (Fsp3) is 0.333. The van der Waals surface area contributed by atoms with Crippen molar-refractivity contribution in [2.24, 2.45) is 0 Å². The summed E-state index contributed by atoms with van der Waals surface area (Å²) >= 11 is 0. The summed E-state index contributed by atoms with van der Waals surface area (Å²) in [7, 11) is 0. The second-order valence-corrected chi connectivity index (χ2v) is 5.73. The summed E-state index contributed by atoms with van der Waals surface area (Å²) in [5, 5.41) is 0. The van der Waals surface area contributed by atoms with Gasteiger partial charge in [0.25, 0.3) is 0 Å². The Kier molecular flexibility index (Phi) is 5.66. The summed E-state index contributed by atoms with van der Waals surface area (Å²) in [6.07, 6.45) is -4.35. The third kappa shape index (κ3) is 5.20. The van der Waals surface area contributed by atoms with Crippen LogP contribution in [0.4, 0.5) is 13.2 Å². The van der Waals surface area contributed by atoms with E-state index >= 15 is 0 Å². The molecule has 0 aliphatic carbocycles. The Morgan fingerprint density at radius 3 is 2.36 bits per heavy atom. The van der Waals surface area contributed by atoms with Crippen LogP contribution in [0, 0.1) is 13.8 Å². The number of esters is 1. The predicted molar refractivity (Wildman–Crippen MR) is 85.4 cm³/mol. The molecule has 0 amide bonds. The highest BCUT2D eigenvalue weighted by atomic mass is 19.4. The van der Waals surface area contributed by atoms with Crippen LogP contribution in [0.25, 0.3) is 0 Å². The van der Waals surface area contributed by atoms with Crippen LogP contribution < -0.4 is 0 Å². The van der Waals surface area contributed by atoms with Gasteiger partial charge in [-0.15, -0.1) is 0 Å². The van der Waals surface area contributed by atoms with Crippen molar-refractivity contribution >= 4 is 11.8 Å². The van der Waals surface area contributed by atoms with Crippen LogP contribution in [0.5, 0.6) is 0 Å². The lowest BCUT2D eigenvalue weighted by Crippen LogP contribution is -2.20. The Bertz CT molecular complexity index is 764. The van der Waals surface area contributed by atoms with Crippen LogP contribution in [-0.4, -0.2) is 29.1 Å². The number of ketones is 1. The Balaban J connectivity index is 1.99. The van der Waals surface area contributed by atoms with Gasteiger partial charge in [0.2, 0.25) is 5.78 Å². The number of halogens is 3. The maximum absolute atomic E-state index is 12.6. The number of aryl methyl sites for hydroxylation is 1. The van der Waals surface area contributed by atoms with Crippen molar-refractivity contribution in [3.8, 4) is 0 Å². The monoisotopic (exact) mass is 353 g/mol. The van der Waals surface area contributed by atoms with Gasteiger partial charge >= 0.3 is 12.1 Å². The van der Waals surface area contributed by atoms with Gasteiger partial charge in [0.15, 0.2) is 6.61 Å². The van der Waals surface area contributed by atoms with Crippen LogP contribution in [0.15, 0.2) is 36.4 Å². The summed E-state index contributed by atoms with van der Waals surface area (Å²) in [4.78, 5) is 23.9. The smallest absolute Gasteiger partial charge is 0.406 e. The lowest BCUT2D eigenvalue weighted by Gasteiger charge is -2.12. The second kappa shape index (κ2) is 7.55. The van der Waals surface area contributed by atoms with Gasteiger partial charge in [0, 0.05) is 17.0 Å². The van der Waals surface area contributed by atoms with Crippen LogP contribution in [0.3, 0.4) is 0 Å². The SMILES string of the molecule is Cc1cc(C(=O)COC(=O)Cc2ccccc2)c(C)n1CC(F)(F)F. The molecule has 0 radical (unpaired) electrons. The van der Waals surface area contributed by atoms with Gasteiger partial charge in [0.1, 0.15) is 6.54 Å². The van der Waals surface area contributed by atoms with Crippen molar-refractivity contribution in [3.05, 3.63) is 58.9 Å². The summed E-state index contributed by atoms with van der Waals surface area (Å²) in [5.41, 5.74) is 1.42. The molecular weight excluding hydrogens is 335 g/mol. The van der Waals surface area contributed by atoms with Crippen LogP contribution in [0.1, 0.15) is 27.3 Å². The molecule has 134 valence electrons. The largest absolute Gasteiger partial charge is 0.457 e. The van der Waals surface area contributed by atoms with Crippen molar-refractivity contribution in [2.45, 2.75) is 33.0 Å². The van der Waals surface area contributed by atoms with E-state index in [1.807, 2.05) is 6.07 Å². The number of aromatic nitrogens is 1. The average molecular weight is 353 g/mol. The number of carbonyl (C=O) groups excluding carboxylic acids is 2. The van der Waals surface area contributed by atoms with Gasteiger partial charge in [-0.1, -0.05) is 30.3 Å². The lowest BCUT2D eigenvalue weighted by molar-refractivity contribution is -0.142. The van der Waals surface area contributed by atoms with Crippen molar-refractivity contribution in [3.63, 3.8) is 0 Å². The van der Waals surface area contributed by atoms with E-state index in [9.17, 15) is 22.8 Å². The van der Waals surface area contributed by atoms with Crippen molar-refractivity contribution < 1.29 is 27.5 Å². The van der Waals surface area contributed by atoms with Gasteiger partial charge in [-0.05, 0) is 25.5 Å². The molecule has 25 heavy (non-hydrogen) atoms. The first-order valence-electron chi connectivity index (χ1n) is 7.63. The highest BCUT2D eigenvalue weighted by molar-refractivity contribution is 5.99. The fourth-order valence-corrected chi connectivity index (χ4v) is 2.54. The normalized spacial score (nSPS) is 11.4. The number of carbonyl (C=O) groups is 2. The van der Waals surface area contributed by atoms with E-state index in [0.29, 0.717) is 5.69 Å². The molecular formula is C18H18F3NO3. The van der Waals surface area contributed by atoms with Gasteiger partial charge in [-0.25, -0.2) is 0 Å². The topological polar surface area (TPSA) is 48.3 Å². The number of Topliss-reactive ketones (excluding diaryl/α,β-unsaturated/α-hetero) is 1. The third-order valence-electron chi connectivity index (χ3n) is 3.77. The predicted octanol–water partition coefficient (Wildman–Crippen LogP) is 3.64. The molecule has 1 aromatic carbocycles. The summed E-state index contributed by atoms with van der Waals surface area (Å²) in [6, 6.07) is 10.3. The summed E-state index contributed by atoms with van der Waals surface area (Å²) in [6.45, 7) is 1.28. The first-order chi connectivity index (χ1) is 11.7. The number of alkyl halides is 3. The number of rotatable bonds is 6. The minimum atomic E-state index is -4.38. The molecule has 0 bridgehead atoms. The Morgan fingerprint density at radius 2 is 1.76 bits per heavy atom. The molecule has 0 N–H and O–H groups in total. The minimum absolute atomic E-state index is 0.0290. The molecule has 0 unspecified atom stereocenters. The molecule has 1 aromatic heterocycles. The zero-order valence-electron chi connectivity index (χ0n) is 13.9. The van der Waals surface area contributed by atoms with Gasteiger partial charge < -0.3 is 9.30 Å². The van der Waals surface area contributed by atoms with E-state index in [2.05, 4.69) is 0 Å². The van der Waals surface area contributed by atoms with Gasteiger partial charge in [0.05, 0.1) is 6.42 Å².